The van der Waals surface area contributed by atoms with Crippen LogP contribution in [0.15, 0.2) is 102 Å². The molecular weight excluding hydrogens is 430 g/mol. The van der Waals surface area contributed by atoms with Gasteiger partial charge in [-0.25, -0.2) is 10.2 Å². The second kappa shape index (κ2) is 10.8. The number of para-hydroxylation sites is 1. The lowest BCUT2D eigenvalue weighted by atomic mass is 10.1. The highest BCUT2D eigenvalue weighted by atomic mass is 16.6. The molecule has 1 heterocycles. The molecule has 170 valence electrons. The maximum atomic E-state index is 12.7. The molecule has 4 rings (SSSR count). The molecule has 0 fully saturated rings. The van der Waals surface area contributed by atoms with Crippen LogP contribution in [0.5, 0.6) is 11.5 Å². The largest absolute Gasteiger partial charge is 0.490 e. The first-order valence-electron chi connectivity index (χ1n) is 10.8. The van der Waals surface area contributed by atoms with E-state index >= 15 is 0 Å². The molecular formula is C27H23N3O4. The molecule has 7 nitrogen and oxygen atoms in total. The van der Waals surface area contributed by atoms with Crippen molar-refractivity contribution in [1.29, 1.82) is 0 Å². The van der Waals surface area contributed by atoms with Crippen molar-refractivity contribution in [3.05, 3.63) is 114 Å². The maximum absolute atomic E-state index is 12.7. The normalized spacial score (nSPS) is 10.7. The van der Waals surface area contributed by atoms with E-state index < -0.39 is 5.97 Å². The first kappa shape index (κ1) is 22.5. The van der Waals surface area contributed by atoms with Gasteiger partial charge in [-0.05, 0) is 67.1 Å². The van der Waals surface area contributed by atoms with Gasteiger partial charge >= 0.3 is 5.97 Å². The van der Waals surface area contributed by atoms with Gasteiger partial charge in [0.1, 0.15) is 0 Å². The van der Waals surface area contributed by atoms with Crippen LogP contribution in [0.1, 0.15) is 33.2 Å². The first-order valence-corrected chi connectivity index (χ1v) is 10.8. The number of nitrogens with one attached hydrogen (secondary N) is 1. The molecule has 0 bridgehead atoms. The number of hydrogen-bond acceptors (Lipinski definition) is 5. The third-order valence-corrected chi connectivity index (χ3v) is 4.89. The minimum atomic E-state index is -0.475. The standard InChI is InChI=1S/C27H23N3O4/c1-2-33-25-18-20(14-15-24(25)34-27(32)21-10-4-3-5-11-21)19-28-29-26(31)22-12-6-7-13-23(22)30-16-8-9-17-30/h3-19H,2H2,1H3,(H,29,31)/b28-19-. The van der Waals surface area contributed by atoms with E-state index in [1.807, 2.05) is 54.2 Å². The van der Waals surface area contributed by atoms with Gasteiger partial charge in [-0.15, -0.1) is 0 Å². The van der Waals surface area contributed by atoms with E-state index in [9.17, 15) is 9.59 Å². The average Bonchev–Trinajstić information content (AvgIpc) is 3.41. The Hall–Kier alpha value is -4.65. The Labute approximate surface area is 197 Å². The van der Waals surface area contributed by atoms with Gasteiger partial charge in [0.15, 0.2) is 11.5 Å². The van der Waals surface area contributed by atoms with Crippen LogP contribution in [0.2, 0.25) is 0 Å². The number of aromatic nitrogens is 1. The number of carbonyl (C=O) groups excluding carboxylic acids is 2. The number of amides is 1. The van der Waals surface area contributed by atoms with Gasteiger partial charge in [-0.1, -0.05) is 30.3 Å². The van der Waals surface area contributed by atoms with Crippen LogP contribution in [0, 0.1) is 0 Å². The molecule has 0 spiro atoms. The number of carbonyl (C=O) groups is 2. The van der Waals surface area contributed by atoms with Crippen LogP contribution in [0.3, 0.4) is 0 Å². The molecule has 0 saturated carbocycles. The fraction of sp³-hybridized carbons (Fsp3) is 0.0741. The summed E-state index contributed by atoms with van der Waals surface area (Å²) in [4.78, 5) is 25.1. The molecule has 0 atom stereocenters. The fourth-order valence-electron chi connectivity index (χ4n) is 3.30. The average molecular weight is 453 g/mol. The second-order valence-corrected chi connectivity index (χ2v) is 7.20. The molecule has 1 amide bonds. The minimum absolute atomic E-state index is 0.303. The van der Waals surface area contributed by atoms with E-state index in [-0.39, 0.29) is 5.91 Å². The summed E-state index contributed by atoms with van der Waals surface area (Å²) in [6.45, 7) is 2.23. The van der Waals surface area contributed by atoms with E-state index in [4.69, 9.17) is 9.47 Å². The van der Waals surface area contributed by atoms with Crippen molar-refractivity contribution in [2.45, 2.75) is 6.92 Å². The summed E-state index contributed by atoms with van der Waals surface area (Å²) in [7, 11) is 0. The number of hydrazone groups is 1. The maximum Gasteiger partial charge on any atom is 0.343 e. The smallest absolute Gasteiger partial charge is 0.343 e. The monoisotopic (exact) mass is 453 g/mol. The van der Waals surface area contributed by atoms with Gasteiger partial charge in [-0.2, -0.15) is 5.10 Å². The molecule has 1 aromatic heterocycles. The predicted octanol–water partition coefficient (Wildman–Crippen LogP) is 4.86. The van der Waals surface area contributed by atoms with Gasteiger partial charge in [0.05, 0.1) is 29.6 Å². The highest BCUT2D eigenvalue weighted by Crippen LogP contribution is 2.29. The van der Waals surface area contributed by atoms with Crippen LogP contribution >= 0.6 is 0 Å². The zero-order valence-corrected chi connectivity index (χ0v) is 18.5. The predicted molar refractivity (Wildman–Crippen MR) is 130 cm³/mol. The molecule has 1 N–H and O–H groups in total. The lowest BCUT2D eigenvalue weighted by molar-refractivity contribution is 0.0728. The number of benzene rings is 3. The van der Waals surface area contributed by atoms with Crippen molar-refractivity contribution in [3.63, 3.8) is 0 Å². The lowest BCUT2D eigenvalue weighted by Crippen LogP contribution is -2.19. The van der Waals surface area contributed by atoms with E-state index in [0.717, 1.165) is 5.69 Å². The zero-order valence-electron chi connectivity index (χ0n) is 18.5. The summed E-state index contributed by atoms with van der Waals surface area (Å²) in [5.74, 6) is -0.104. The van der Waals surface area contributed by atoms with Crippen molar-refractivity contribution < 1.29 is 19.1 Å². The van der Waals surface area contributed by atoms with Crippen LogP contribution in [0.25, 0.3) is 5.69 Å². The Morgan fingerprint density at radius 3 is 2.41 bits per heavy atom. The van der Waals surface area contributed by atoms with Gasteiger partial charge in [0, 0.05) is 12.4 Å². The fourth-order valence-corrected chi connectivity index (χ4v) is 3.30. The Bertz CT molecular complexity index is 1300. The molecule has 0 saturated heterocycles. The van der Waals surface area contributed by atoms with Crippen LogP contribution in [-0.2, 0) is 0 Å². The second-order valence-electron chi connectivity index (χ2n) is 7.20. The van der Waals surface area contributed by atoms with Crippen molar-refractivity contribution in [2.24, 2.45) is 5.10 Å². The zero-order chi connectivity index (χ0) is 23.8. The van der Waals surface area contributed by atoms with Gasteiger partial charge < -0.3 is 14.0 Å². The van der Waals surface area contributed by atoms with Crippen molar-refractivity contribution in [2.75, 3.05) is 6.61 Å². The van der Waals surface area contributed by atoms with Crippen LogP contribution < -0.4 is 14.9 Å². The summed E-state index contributed by atoms with van der Waals surface area (Å²) in [5, 5.41) is 4.08. The van der Waals surface area contributed by atoms with E-state index in [1.165, 1.54) is 6.21 Å². The number of esters is 1. The highest BCUT2D eigenvalue weighted by molar-refractivity contribution is 5.98. The van der Waals surface area contributed by atoms with Crippen LogP contribution in [0.4, 0.5) is 0 Å². The van der Waals surface area contributed by atoms with E-state index in [2.05, 4.69) is 10.5 Å². The Morgan fingerprint density at radius 2 is 1.65 bits per heavy atom. The highest BCUT2D eigenvalue weighted by Gasteiger charge is 2.14. The van der Waals surface area contributed by atoms with Gasteiger partial charge in [-0.3, -0.25) is 4.79 Å². The topological polar surface area (TPSA) is 81.9 Å². The molecule has 0 unspecified atom stereocenters. The van der Waals surface area contributed by atoms with Crippen molar-refractivity contribution >= 4 is 18.1 Å². The SMILES string of the molecule is CCOc1cc(/C=N\NC(=O)c2ccccc2-n2cccc2)ccc1OC(=O)c1ccccc1. The van der Waals surface area contributed by atoms with Gasteiger partial charge in [0.25, 0.3) is 5.91 Å². The van der Waals surface area contributed by atoms with E-state index in [0.29, 0.717) is 34.8 Å². The summed E-state index contributed by atoms with van der Waals surface area (Å²) in [5.41, 5.74) is 4.92. The number of ether oxygens (including phenoxy) is 2. The molecule has 0 aliphatic carbocycles. The molecule has 0 radical (unpaired) electrons. The molecule has 0 aliphatic rings. The number of rotatable bonds is 8. The summed E-state index contributed by atoms with van der Waals surface area (Å²) < 4.78 is 13.0. The third-order valence-electron chi connectivity index (χ3n) is 4.89. The molecule has 7 heteroatoms. The quantitative estimate of drug-likeness (QED) is 0.179. The van der Waals surface area contributed by atoms with Crippen molar-refractivity contribution in [1.82, 2.24) is 9.99 Å². The van der Waals surface area contributed by atoms with Crippen molar-refractivity contribution in [3.8, 4) is 17.2 Å². The summed E-state index contributed by atoms with van der Waals surface area (Å²) >= 11 is 0. The summed E-state index contributed by atoms with van der Waals surface area (Å²) in [6.07, 6.45) is 5.25. The Balaban J connectivity index is 1.47. The Morgan fingerprint density at radius 1 is 0.912 bits per heavy atom. The lowest BCUT2D eigenvalue weighted by Gasteiger charge is -2.11. The molecule has 34 heavy (non-hydrogen) atoms. The number of hydrogen-bond donors (Lipinski definition) is 1. The van der Waals surface area contributed by atoms with Gasteiger partial charge in [0.2, 0.25) is 0 Å². The Kier molecular flexibility index (Phi) is 7.15. The first-order chi connectivity index (χ1) is 16.7. The minimum Gasteiger partial charge on any atom is -0.490 e. The van der Waals surface area contributed by atoms with Crippen LogP contribution in [-0.4, -0.2) is 29.3 Å². The summed E-state index contributed by atoms with van der Waals surface area (Å²) in [6, 6.07) is 24.8. The van der Waals surface area contributed by atoms with E-state index in [1.54, 1.807) is 54.6 Å². The number of nitrogens with zero attached hydrogens (tertiary/aromatic N) is 2. The third kappa shape index (κ3) is 5.39. The molecule has 0 aliphatic heterocycles. The molecule has 4 aromatic rings. The molecule has 3 aromatic carbocycles.